The Hall–Kier alpha value is -0.430. The van der Waals surface area contributed by atoms with Gasteiger partial charge < -0.3 is 11.1 Å². The van der Waals surface area contributed by atoms with Gasteiger partial charge in [-0.3, -0.25) is 9.69 Å². The van der Waals surface area contributed by atoms with Crippen LogP contribution in [-0.2, 0) is 11.3 Å². The molecular weight excluding hydrogens is 314 g/mol. The average molecular weight is 332 g/mol. The number of nitrogens with zero attached hydrogens (tertiary/aromatic N) is 1. The first-order chi connectivity index (χ1) is 8.63. The summed E-state index contributed by atoms with van der Waals surface area (Å²) in [7, 11) is 0. The third-order valence-electron chi connectivity index (χ3n) is 3.08. The van der Waals surface area contributed by atoms with Gasteiger partial charge in [0.05, 0.1) is 13.1 Å². The van der Waals surface area contributed by atoms with Crippen LogP contribution in [-0.4, -0.2) is 36.5 Å². The van der Waals surface area contributed by atoms with Gasteiger partial charge in [-0.2, -0.15) is 0 Å². The number of rotatable bonds is 4. The average Bonchev–Trinajstić information content (AvgIpc) is 2.76. The van der Waals surface area contributed by atoms with E-state index in [1.807, 2.05) is 11.4 Å². The molecule has 2 rings (SSSR count). The summed E-state index contributed by atoms with van der Waals surface area (Å²) in [4.78, 5) is 15.1. The Morgan fingerprint density at radius 3 is 2.89 bits per heavy atom. The number of likely N-dealkylation sites (tertiary alicyclic amines) is 1. The molecule has 1 fully saturated rings. The zero-order valence-corrected chi connectivity index (χ0v) is 12.6. The van der Waals surface area contributed by atoms with Gasteiger partial charge in [-0.1, -0.05) is 0 Å². The minimum Gasteiger partial charge on any atom is -0.350 e. The lowest BCUT2D eigenvalue weighted by Gasteiger charge is -2.29. The van der Waals surface area contributed by atoms with Crippen LogP contribution in [0.15, 0.2) is 15.9 Å². The Morgan fingerprint density at radius 2 is 2.28 bits per heavy atom. The Kier molecular flexibility index (Phi) is 5.17. The largest absolute Gasteiger partial charge is 0.350 e. The van der Waals surface area contributed by atoms with Crippen LogP contribution in [0.1, 0.15) is 17.7 Å². The molecular formula is C12H18BrN3OS. The predicted molar refractivity (Wildman–Crippen MR) is 77.5 cm³/mol. The van der Waals surface area contributed by atoms with Crippen molar-refractivity contribution in [1.82, 2.24) is 10.2 Å². The first-order valence-corrected chi connectivity index (χ1v) is 7.78. The molecule has 1 aliphatic heterocycles. The molecule has 4 nitrogen and oxygen atoms in total. The maximum atomic E-state index is 11.8. The van der Waals surface area contributed by atoms with Gasteiger partial charge in [-0.25, -0.2) is 0 Å². The summed E-state index contributed by atoms with van der Waals surface area (Å²) in [5, 5.41) is 4.97. The molecule has 6 heteroatoms. The fraction of sp³-hybridized carbons (Fsp3) is 0.583. The quantitative estimate of drug-likeness (QED) is 0.880. The lowest BCUT2D eigenvalue weighted by molar-refractivity contribution is -0.122. The summed E-state index contributed by atoms with van der Waals surface area (Å²) in [6.45, 7) is 2.96. The normalized spacial score (nSPS) is 17.9. The molecule has 0 spiro atoms. The minimum atomic E-state index is 0.0926. The van der Waals surface area contributed by atoms with E-state index in [-0.39, 0.29) is 5.91 Å². The summed E-state index contributed by atoms with van der Waals surface area (Å²) in [6.07, 6.45) is 1.98. The summed E-state index contributed by atoms with van der Waals surface area (Å²) >= 11 is 5.05. The topological polar surface area (TPSA) is 58.4 Å². The van der Waals surface area contributed by atoms with E-state index in [4.69, 9.17) is 5.73 Å². The molecule has 100 valence electrons. The van der Waals surface area contributed by atoms with Crippen LogP contribution in [0.5, 0.6) is 0 Å². The van der Waals surface area contributed by atoms with Crippen molar-refractivity contribution in [3.05, 3.63) is 20.8 Å². The van der Waals surface area contributed by atoms with Crippen molar-refractivity contribution in [2.45, 2.75) is 25.4 Å². The summed E-state index contributed by atoms with van der Waals surface area (Å²) in [5.41, 5.74) is 5.83. The predicted octanol–water partition coefficient (Wildman–Crippen LogP) is 1.55. The van der Waals surface area contributed by atoms with Crippen LogP contribution in [0.25, 0.3) is 0 Å². The molecule has 0 aromatic carbocycles. The number of hydrogen-bond donors (Lipinski definition) is 2. The number of carbonyl (C=O) groups is 1. The van der Waals surface area contributed by atoms with Gasteiger partial charge in [0.25, 0.3) is 0 Å². The molecule has 1 amide bonds. The molecule has 0 saturated carbocycles. The van der Waals surface area contributed by atoms with Crippen molar-refractivity contribution >= 4 is 33.2 Å². The number of nitrogens with two attached hydrogens (primary N) is 1. The summed E-state index contributed by atoms with van der Waals surface area (Å²) < 4.78 is 1.07. The standard InChI is InChI=1S/C12H18BrN3OS/c13-9-5-11(18-8-9)6-15-12(17)7-16-3-1-10(14)2-4-16/h5,8,10H,1-4,6-7,14H2,(H,15,17). The molecule has 1 aromatic heterocycles. The molecule has 0 radical (unpaired) electrons. The Bertz CT molecular complexity index is 402. The van der Waals surface area contributed by atoms with E-state index in [0.29, 0.717) is 19.1 Å². The number of amides is 1. The second kappa shape index (κ2) is 6.65. The van der Waals surface area contributed by atoms with Crippen molar-refractivity contribution in [1.29, 1.82) is 0 Å². The van der Waals surface area contributed by atoms with Gasteiger partial charge in [-0.05, 0) is 34.8 Å². The van der Waals surface area contributed by atoms with Crippen LogP contribution >= 0.6 is 27.3 Å². The SMILES string of the molecule is NC1CCN(CC(=O)NCc2cc(Br)cs2)CC1. The van der Waals surface area contributed by atoms with Crippen molar-refractivity contribution < 1.29 is 4.79 Å². The second-order valence-corrected chi connectivity index (χ2v) is 6.53. The van der Waals surface area contributed by atoms with Crippen LogP contribution < -0.4 is 11.1 Å². The molecule has 1 aromatic rings. The molecule has 2 heterocycles. The van der Waals surface area contributed by atoms with Gasteiger partial charge in [0, 0.05) is 33.9 Å². The van der Waals surface area contributed by atoms with Crippen molar-refractivity contribution in [2.75, 3.05) is 19.6 Å². The van der Waals surface area contributed by atoms with Gasteiger partial charge in [0.2, 0.25) is 5.91 Å². The number of halogens is 1. The molecule has 0 atom stereocenters. The highest BCUT2D eigenvalue weighted by atomic mass is 79.9. The van der Waals surface area contributed by atoms with Crippen LogP contribution in [0.4, 0.5) is 0 Å². The van der Waals surface area contributed by atoms with E-state index >= 15 is 0 Å². The van der Waals surface area contributed by atoms with E-state index in [0.717, 1.165) is 35.3 Å². The number of hydrogen-bond acceptors (Lipinski definition) is 4. The highest BCUT2D eigenvalue weighted by Gasteiger charge is 2.17. The fourth-order valence-electron chi connectivity index (χ4n) is 2.00. The van der Waals surface area contributed by atoms with E-state index in [1.165, 1.54) is 0 Å². The third-order valence-corrected chi connectivity index (χ3v) is 4.78. The zero-order valence-electron chi connectivity index (χ0n) is 10.2. The van der Waals surface area contributed by atoms with E-state index in [9.17, 15) is 4.79 Å². The lowest BCUT2D eigenvalue weighted by atomic mass is 10.1. The van der Waals surface area contributed by atoms with Crippen LogP contribution in [0.3, 0.4) is 0 Å². The Balaban J connectivity index is 1.69. The monoisotopic (exact) mass is 331 g/mol. The molecule has 0 unspecified atom stereocenters. The first kappa shape index (κ1) is 14.0. The highest BCUT2D eigenvalue weighted by molar-refractivity contribution is 9.10. The van der Waals surface area contributed by atoms with Gasteiger partial charge in [-0.15, -0.1) is 11.3 Å². The van der Waals surface area contributed by atoms with Crippen molar-refractivity contribution in [3.63, 3.8) is 0 Å². The van der Waals surface area contributed by atoms with Crippen LogP contribution in [0.2, 0.25) is 0 Å². The van der Waals surface area contributed by atoms with Gasteiger partial charge in [0.15, 0.2) is 0 Å². The highest BCUT2D eigenvalue weighted by Crippen LogP contribution is 2.19. The molecule has 3 N–H and O–H groups in total. The van der Waals surface area contributed by atoms with Gasteiger partial charge in [0.1, 0.15) is 0 Å². The first-order valence-electron chi connectivity index (χ1n) is 6.11. The molecule has 18 heavy (non-hydrogen) atoms. The second-order valence-electron chi connectivity index (χ2n) is 4.62. The fourth-order valence-corrected chi connectivity index (χ4v) is 3.39. The number of piperidine rings is 1. The molecule has 0 aliphatic carbocycles. The summed E-state index contributed by atoms with van der Waals surface area (Å²) in [5.74, 6) is 0.0926. The molecule has 1 aliphatic rings. The van der Waals surface area contributed by atoms with Crippen molar-refractivity contribution in [3.8, 4) is 0 Å². The molecule has 1 saturated heterocycles. The molecule has 0 bridgehead atoms. The third kappa shape index (κ3) is 4.35. The summed E-state index contributed by atoms with van der Waals surface area (Å²) in [6, 6.07) is 2.35. The lowest BCUT2D eigenvalue weighted by Crippen LogP contribution is -2.44. The van der Waals surface area contributed by atoms with Gasteiger partial charge >= 0.3 is 0 Å². The van der Waals surface area contributed by atoms with Crippen molar-refractivity contribution in [2.24, 2.45) is 5.73 Å². The minimum absolute atomic E-state index is 0.0926. The van der Waals surface area contributed by atoms with E-state index in [2.05, 4.69) is 26.1 Å². The van der Waals surface area contributed by atoms with E-state index in [1.54, 1.807) is 11.3 Å². The number of carbonyl (C=O) groups excluding carboxylic acids is 1. The smallest absolute Gasteiger partial charge is 0.234 e. The maximum Gasteiger partial charge on any atom is 0.234 e. The Morgan fingerprint density at radius 1 is 1.56 bits per heavy atom. The zero-order chi connectivity index (χ0) is 13.0. The Labute approximate surface area is 120 Å². The number of nitrogens with one attached hydrogen (secondary N) is 1. The van der Waals surface area contributed by atoms with E-state index < -0.39 is 0 Å². The number of thiophene rings is 1. The van der Waals surface area contributed by atoms with Crippen LogP contribution in [0, 0.1) is 0 Å². The maximum absolute atomic E-state index is 11.8.